The lowest BCUT2D eigenvalue weighted by molar-refractivity contribution is 0.363. The fraction of sp³-hybridized carbons (Fsp3) is 0.500. The van der Waals surface area contributed by atoms with Crippen molar-refractivity contribution in [1.29, 1.82) is 0 Å². The van der Waals surface area contributed by atoms with Crippen LogP contribution in [0.15, 0.2) is 15.4 Å². The molecule has 0 bridgehead atoms. The summed E-state index contributed by atoms with van der Waals surface area (Å²) >= 11 is 0. The maximum Gasteiger partial charge on any atom is 0.256 e. The summed E-state index contributed by atoms with van der Waals surface area (Å²) in [6, 6.07) is 1.43. The molecule has 15 heavy (non-hydrogen) atoms. The van der Waals surface area contributed by atoms with Gasteiger partial charge in [-0.15, -0.1) is 4.83 Å². The van der Waals surface area contributed by atoms with E-state index in [2.05, 4.69) is 4.83 Å². The zero-order chi connectivity index (χ0) is 11.6. The number of nitrogens with zero attached hydrogens (tertiary/aromatic N) is 1. The number of furan rings is 1. The SMILES string of the molecule is Cc1oc(CN)cc1S(=O)(=O)NN(C)C. The van der Waals surface area contributed by atoms with Gasteiger partial charge in [-0.2, -0.15) is 0 Å². The Hall–Kier alpha value is -0.890. The monoisotopic (exact) mass is 233 g/mol. The highest BCUT2D eigenvalue weighted by atomic mass is 32.2. The summed E-state index contributed by atoms with van der Waals surface area (Å²) in [5.41, 5.74) is 5.36. The van der Waals surface area contributed by atoms with E-state index in [-0.39, 0.29) is 11.4 Å². The predicted molar refractivity (Wildman–Crippen MR) is 55.3 cm³/mol. The van der Waals surface area contributed by atoms with E-state index in [1.807, 2.05) is 0 Å². The second-order valence-corrected chi connectivity index (χ2v) is 4.96. The first-order valence-electron chi connectivity index (χ1n) is 4.36. The Morgan fingerprint density at radius 2 is 2.13 bits per heavy atom. The normalized spacial score (nSPS) is 12.3. The Morgan fingerprint density at radius 3 is 2.53 bits per heavy atom. The van der Waals surface area contributed by atoms with Crippen molar-refractivity contribution in [3.8, 4) is 0 Å². The number of hydrogen-bond acceptors (Lipinski definition) is 5. The number of rotatable bonds is 4. The Bertz CT molecular complexity index is 436. The molecule has 0 radical (unpaired) electrons. The van der Waals surface area contributed by atoms with Crippen molar-refractivity contribution in [3.05, 3.63) is 17.6 Å². The molecule has 86 valence electrons. The van der Waals surface area contributed by atoms with Gasteiger partial charge < -0.3 is 10.2 Å². The minimum Gasteiger partial charge on any atom is -0.464 e. The number of nitrogens with two attached hydrogens (primary N) is 1. The lowest BCUT2D eigenvalue weighted by Crippen LogP contribution is -2.36. The van der Waals surface area contributed by atoms with Crippen molar-refractivity contribution in [2.75, 3.05) is 14.1 Å². The molecule has 0 saturated carbocycles. The molecular formula is C8H15N3O3S. The Balaban J connectivity index is 3.09. The Morgan fingerprint density at radius 1 is 1.53 bits per heavy atom. The number of hydrogen-bond donors (Lipinski definition) is 2. The molecule has 0 aliphatic rings. The zero-order valence-corrected chi connectivity index (χ0v) is 9.76. The van der Waals surface area contributed by atoms with Gasteiger partial charge in [-0.3, -0.25) is 0 Å². The third-order valence-corrected chi connectivity index (χ3v) is 3.31. The molecule has 0 aliphatic heterocycles. The van der Waals surface area contributed by atoms with Crippen LogP contribution < -0.4 is 10.6 Å². The van der Waals surface area contributed by atoms with E-state index in [1.165, 1.54) is 11.1 Å². The van der Waals surface area contributed by atoms with Gasteiger partial charge in [0, 0.05) is 20.2 Å². The molecule has 3 N–H and O–H groups in total. The summed E-state index contributed by atoms with van der Waals surface area (Å²) < 4.78 is 28.6. The summed E-state index contributed by atoms with van der Waals surface area (Å²) in [5.74, 6) is 0.788. The first-order chi connectivity index (χ1) is 6.86. The van der Waals surface area contributed by atoms with Crippen LogP contribution in [-0.2, 0) is 16.6 Å². The molecule has 1 heterocycles. The Labute approximate surface area is 89.1 Å². The quantitative estimate of drug-likeness (QED) is 0.703. The summed E-state index contributed by atoms with van der Waals surface area (Å²) in [4.78, 5) is 2.44. The fourth-order valence-electron chi connectivity index (χ4n) is 1.18. The third-order valence-electron chi connectivity index (χ3n) is 1.72. The van der Waals surface area contributed by atoms with Gasteiger partial charge in [0.1, 0.15) is 16.4 Å². The van der Waals surface area contributed by atoms with Crippen molar-refractivity contribution in [1.82, 2.24) is 9.84 Å². The second-order valence-electron chi connectivity index (χ2n) is 3.33. The van der Waals surface area contributed by atoms with Crippen molar-refractivity contribution in [3.63, 3.8) is 0 Å². The van der Waals surface area contributed by atoms with Gasteiger partial charge in [0.05, 0.1) is 6.54 Å². The molecule has 0 atom stereocenters. The molecule has 1 aromatic heterocycles. The van der Waals surface area contributed by atoms with Crippen LogP contribution in [0.4, 0.5) is 0 Å². The number of hydrazine groups is 1. The van der Waals surface area contributed by atoms with Crippen LogP contribution in [0.2, 0.25) is 0 Å². The molecule has 0 saturated heterocycles. The smallest absolute Gasteiger partial charge is 0.256 e. The maximum atomic E-state index is 11.7. The fourth-order valence-corrected chi connectivity index (χ4v) is 2.47. The molecule has 1 aromatic rings. The molecular weight excluding hydrogens is 218 g/mol. The average molecular weight is 233 g/mol. The van der Waals surface area contributed by atoms with Crippen LogP contribution in [0, 0.1) is 6.92 Å². The van der Waals surface area contributed by atoms with Gasteiger partial charge in [-0.05, 0) is 6.92 Å². The molecule has 0 spiro atoms. The van der Waals surface area contributed by atoms with Crippen molar-refractivity contribution in [2.24, 2.45) is 5.73 Å². The Kier molecular flexibility index (Phi) is 3.50. The number of nitrogens with one attached hydrogen (secondary N) is 1. The van der Waals surface area contributed by atoms with Crippen LogP contribution in [0.3, 0.4) is 0 Å². The largest absolute Gasteiger partial charge is 0.464 e. The summed E-state index contributed by atoms with van der Waals surface area (Å²) in [6.07, 6.45) is 0. The lowest BCUT2D eigenvalue weighted by Gasteiger charge is -2.11. The van der Waals surface area contributed by atoms with E-state index in [0.29, 0.717) is 11.5 Å². The molecule has 0 fully saturated rings. The zero-order valence-electron chi connectivity index (χ0n) is 8.94. The third kappa shape index (κ3) is 2.78. The van der Waals surface area contributed by atoms with Crippen molar-refractivity contribution < 1.29 is 12.8 Å². The van der Waals surface area contributed by atoms with E-state index in [0.717, 1.165) is 0 Å². The van der Waals surface area contributed by atoms with Crippen LogP contribution in [0.5, 0.6) is 0 Å². The van der Waals surface area contributed by atoms with Gasteiger partial charge in [-0.25, -0.2) is 13.4 Å². The van der Waals surface area contributed by atoms with E-state index in [9.17, 15) is 8.42 Å². The van der Waals surface area contributed by atoms with Gasteiger partial charge in [0.15, 0.2) is 0 Å². The lowest BCUT2D eigenvalue weighted by atomic mass is 10.4. The van der Waals surface area contributed by atoms with E-state index in [1.54, 1.807) is 21.0 Å². The molecule has 0 aliphatic carbocycles. The van der Waals surface area contributed by atoms with Gasteiger partial charge in [0.2, 0.25) is 0 Å². The van der Waals surface area contributed by atoms with Crippen molar-refractivity contribution in [2.45, 2.75) is 18.4 Å². The minimum atomic E-state index is -3.55. The molecule has 0 amide bonds. The van der Waals surface area contributed by atoms with Crippen LogP contribution in [0.25, 0.3) is 0 Å². The van der Waals surface area contributed by atoms with E-state index >= 15 is 0 Å². The second kappa shape index (κ2) is 4.31. The highest BCUT2D eigenvalue weighted by Gasteiger charge is 2.21. The van der Waals surface area contributed by atoms with Gasteiger partial charge in [-0.1, -0.05) is 0 Å². The van der Waals surface area contributed by atoms with Crippen LogP contribution in [0.1, 0.15) is 11.5 Å². The molecule has 6 nitrogen and oxygen atoms in total. The molecule has 1 rings (SSSR count). The summed E-state index contributed by atoms with van der Waals surface area (Å²) in [7, 11) is -0.365. The predicted octanol–water partition coefficient (Wildman–Crippen LogP) is -0.198. The molecule has 7 heteroatoms. The van der Waals surface area contributed by atoms with Crippen molar-refractivity contribution >= 4 is 10.0 Å². The van der Waals surface area contributed by atoms with Gasteiger partial charge in [0.25, 0.3) is 10.0 Å². The van der Waals surface area contributed by atoms with Crippen LogP contribution >= 0.6 is 0 Å². The highest BCUT2D eigenvalue weighted by Crippen LogP contribution is 2.19. The number of aryl methyl sites for hydroxylation is 1. The number of sulfonamides is 1. The highest BCUT2D eigenvalue weighted by molar-refractivity contribution is 7.89. The maximum absolute atomic E-state index is 11.7. The standard InChI is InChI=1S/C8H15N3O3S/c1-6-8(4-7(5-9)14-6)15(12,13)10-11(2)3/h4,10H,5,9H2,1-3H3. The summed E-state index contributed by atoms with van der Waals surface area (Å²) in [5, 5.41) is 1.35. The average Bonchev–Trinajstić information content (AvgIpc) is 2.45. The van der Waals surface area contributed by atoms with Gasteiger partial charge >= 0.3 is 0 Å². The first-order valence-corrected chi connectivity index (χ1v) is 5.84. The first kappa shape index (κ1) is 12.2. The summed E-state index contributed by atoms with van der Waals surface area (Å²) in [6.45, 7) is 1.77. The van der Waals surface area contributed by atoms with E-state index in [4.69, 9.17) is 10.2 Å². The van der Waals surface area contributed by atoms with E-state index < -0.39 is 10.0 Å². The minimum absolute atomic E-state index is 0.122. The van der Waals surface area contributed by atoms with Crippen LogP contribution in [-0.4, -0.2) is 27.5 Å². The molecule has 0 unspecified atom stereocenters. The topological polar surface area (TPSA) is 88.6 Å². The molecule has 0 aromatic carbocycles.